The minimum absolute atomic E-state index is 0.00592. The maximum Gasteiger partial charge on any atom is 0.254 e. The quantitative estimate of drug-likeness (QED) is 0.823. The molecule has 0 saturated heterocycles. The lowest BCUT2D eigenvalue weighted by Gasteiger charge is -2.00. The fraction of sp³-hybridized carbons (Fsp3) is 0.545. The molecular weight excluding hydrogens is 208 g/mol. The number of anilines is 1. The Morgan fingerprint density at radius 3 is 3.00 bits per heavy atom. The Hall–Kier alpha value is -1.03. The topological polar surface area (TPSA) is 55.1 Å². The van der Waals surface area contributed by atoms with Gasteiger partial charge in [0, 0.05) is 10.9 Å². The molecule has 3 N–H and O–H groups in total. The number of thiophene rings is 1. The standard InChI is InChI=1S/C11H16N2OS/c1-2-3-8-6-9(10(12)15-8)11(14)13-7-4-5-7/h6-7H,2-5,12H2,1H3,(H,13,14). The van der Waals surface area contributed by atoms with E-state index in [0.29, 0.717) is 16.6 Å². The lowest BCUT2D eigenvalue weighted by molar-refractivity contribution is 0.0952. The maximum absolute atomic E-state index is 11.7. The average Bonchev–Trinajstić information content (AvgIpc) is 2.90. The van der Waals surface area contributed by atoms with Gasteiger partial charge in [0.15, 0.2) is 0 Å². The molecule has 0 atom stereocenters. The van der Waals surface area contributed by atoms with Gasteiger partial charge in [-0.25, -0.2) is 0 Å². The molecule has 0 unspecified atom stereocenters. The second-order valence-corrected chi connectivity index (χ2v) is 5.16. The lowest BCUT2D eigenvalue weighted by atomic mass is 10.2. The van der Waals surface area contributed by atoms with Crippen LogP contribution in [0.5, 0.6) is 0 Å². The molecule has 1 aromatic heterocycles. The molecule has 2 rings (SSSR count). The molecule has 0 spiro atoms. The molecule has 1 aromatic rings. The lowest BCUT2D eigenvalue weighted by Crippen LogP contribution is -2.25. The molecule has 1 saturated carbocycles. The molecule has 0 bridgehead atoms. The summed E-state index contributed by atoms with van der Waals surface area (Å²) in [7, 11) is 0. The van der Waals surface area contributed by atoms with Crippen LogP contribution in [0, 0.1) is 0 Å². The van der Waals surface area contributed by atoms with E-state index in [1.54, 1.807) is 0 Å². The fourth-order valence-corrected chi connectivity index (χ4v) is 2.52. The van der Waals surface area contributed by atoms with Gasteiger partial charge in [0.1, 0.15) is 0 Å². The van der Waals surface area contributed by atoms with Crippen molar-refractivity contribution in [2.45, 2.75) is 38.6 Å². The number of carbonyl (C=O) groups is 1. The van der Waals surface area contributed by atoms with Crippen molar-refractivity contribution < 1.29 is 4.79 Å². The average molecular weight is 224 g/mol. The van der Waals surface area contributed by atoms with E-state index >= 15 is 0 Å². The third kappa shape index (κ3) is 2.50. The van der Waals surface area contributed by atoms with Crippen LogP contribution in [0.3, 0.4) is 0 Å². The Kier molecular flexibility index (Phi) is 2.95. The Morgan fingerprint density at radius 1 is 1.67 bits per heavy atom. The Balaban J connectivity index is 2.08. The first kappa shape index (κ1) is 10.5. The molecule has 1 aliphatic rings. The van der Waals surface area contributed by atoms with Gasteiger partial charge >= 0.3 is 0 Å². The Morgan fingerprint density at radius 2 is 2.40 bits per heavy atom. The number of amides is 1. The summed E-state index contributed by atoms with van der Waals surface area (Å²) in [5.74, 6) is -0.00592. The summed E-state index contributed by atoms with van der Waals surface area (Å²) < 4.78 is 0. The molecule has 1 heterocycles. The summed E-state index contributed by atoms with van der Waals surface area (Å²) in [5, 5.41) is 3.60. The number of hydrogen-bond acceptors (Lipinski definition) is 3. The first-order valence-corrected chi connectivity index (χ1v) is 6.21. The number of nitrogens with two attached hydrogens (primary N) is 1. The molecule has 1 fully saturated rings. The van der Waals surface area contributed by atoms with Gasteiger partial charge < -0.3 is 11.1 Å². The van der Waals surface area contributed by atoms with E-state index in [-0.39, 0.29) is 5.91 Å². The van der Waals surface area contributed by atoms with Gasteiger partial charge in [-0.3, -0.25) is 4.79 Å². The first-order valence-electron chi connectivity index (χ1n) is 5.39. The monoisotopic (exact) mass is 224 g/mol. The van der Waals surface area contributed by atoms with Gasteiger partial charge in [-0.15, -0.1) is 11.3 Å². The van der Waals surface area contributed by atoms with Gasteiger partial charge in [-0.05, 0) is 25.3 Å². The molecule has 0 aromatic carbocycles. The molecule has 0 aliphatic heterocycles. The van der Waals surface area contributed by atoms with Crippen molar-refractivity contribution in [1.29, 1.82) is 0 Å². The Bertz CT molecular complexity index is 369. The molecule has 15 heavy (non-hydrogen) atoms. The highest BCUT2D eigenvalue weighted by Gasteiger charge is 2.25. The van der Waals surface area contributed by atoms with E-state index in [1.807, 2.05) is 6.07 Å². The summed E-state index contributed by atoms with van der Waals surface area (Å²) >= 11 is 1.53. The zero-order chi connectivity index (χ0) is 10.8. The van der Waals surface area contributed by atoms with Crippen LogP contribution in [0.15, 0.2) is 6.07 Å². The molecule has 1 aliphatic carbocycles. The van der Waals surface area contributed by atoms with E-state index < -0.39 is 0 Å². The van der Waals surface area contributed by atoms with Crippen molar-refractivity contribution >= 4 is 22.2 Å². The molecule has 1 amide bonds. The number of aryl methyl sites for hydroxylation is 1. The summed E-state index contributed by atoms with van der Waals surface area (Å²) in [6.45, 7) is 2.12. The maximum atomic E-state index is 11.7. The SMILES string of the molecule is CCCc1cc(C(=O)NC2CC2)c(N)s1. The number of nitrogens with one attached hydrogen (secondary N) is 1. The zero-order valence-electron chi connectivity index (χ0n) is 8.88. The third-order valence-corrected chi connectivity index (χ3v) is 3.49. The van der Waals surface area contributed by atoms with E-state index in [0.717, 1.165) is 25.7 Å². The smallest absolute Gasteiger partial charge is 0.254 e. The van der Waals surface area contributed by atoms with Crippen LogP contribution in [0.4, 0.5) is 5.00 Å². The van der Waals surface area contributed by atoms with Gasteiger partial charge in [0.2, 0.25) is 0 Å². The van der Waals surface area contributed by atoms with Crippen molar-refractivity contribution in [3.05, 3.63) is 16.5 Å². The summed E-state index contributed by atoms with van der Waals surface area (Å²) in [4.78, 5) is 13.0. The van der Waals surface area contributed by atoms with Crippen LogP contribution >= 0.6 is 11.3 Å². The highest BCUT2D eigenvalue weighted by Crippen LogP contribution is 2.27. The van der Waals surface area contributed by atoms with Crippen LogP contribution in [0.2, 0.25) is 0 Å². The van der Waals surface area contributed by atoms with Crippen LogP contribution in [0.25, 0.3) is 0 Å². The minimum Gasteiger partial charge on any atom is -0.390 e. The van der Waals surface area contributed by atoms with Crippen molar-refractivity contribution in [1.82, 2.24) is 5.32 Å². The predicted molar refractivity (Wildman–Crippen MR) is 63.2 cm³/mol. The summed E-state index contributed by atoms with van der Waals surface area (Å²) in [6, 6.07) is 2.33. The second kappa shape index (κ2) is 4.23. The third-order valence-electron chi connectivity index (χ3n) is 2.47. The Labute approximate surface area is 93.7 Å². The fourth-order valence-electron chi connectivity index (χ4n) is 1.50. The minimum atomic E-state index is -0.00592. The largest absolute Gasteiger partial charge is 0.390 e. The van der Waals surface area contributed by atoms with E-state index in [1.165, 1.54) is 16.2 Å². The molecule has 3 nitrogen and oxygen atoms in total. The highest BCUT2D eigenvalue weighted by atomic mass is 32.1. The summed E-state index contributed by atoms with van der Waals surface area (Å²) in [5.41, 5.74) is 6.49. The molecule has 0 radical (unpaired) electrons. The van der Waals surface area contributed by atoms with Gasteiger partial charge in [0.05, 0.1) is 10.6 Å². The number of hydrogen-bond donors (Lipinski definition) is 2. The number of nitrogen functional groups attached to an aromatic ring is 1. The van der Waals surface area contributed by atoms with E-state index in [4.69, 9.17) is 5.73 Å². The van der Waals surface area contributed by atoms with Gasteiger partial charge in [-0.1, -0.05) is 13.3 Å². The van der Waals surface area contributed by atoms with Gasteiger partial charge in [-0.2, -0.15) is 0 Å². The molecule has 82 valence electrons. The van der Waals surface area contributed by atoms with Crippen molar-refractivity contribution in [3.63, 3.8) is 0 Å². The van der Waals surface area contributed by atoms with Crippen molar-refractivity contribution in [2.24, 2.45) is 0 Å². The van der Waals surface area contributed by atoms with Crippen LogP contribution in [-0.2, 0) is 6.42 Å². The predicted octanol–water partition coefficient (Wildman–Crippen LogP) is 2.18. The summed E-state index contributed by atoms with van der Waals surface area (Å²) in [6.07, 6.45) is 4.31. The normalized spacial score (nSPS) is 15.3. The van der Waals surface area contributed by atoms with E-state index in [9.17, 15) is 4.79 Å². The van der Waals surface area contributed by atoms with Crippen LogP contribution in [0.1, 0.15) is 41.4 Å². The van der Waals surface area contributed by atoms with Gasteiger partial charge in [0.25, 0.3) is 5.91 Å². The molecular formula is C11H16N2OS. The highest BCUT2D eigenvalue weighted by molar-refractivity contribution is 7.16. The second-order valence-electron chi connectivity index (χ2n) is 3.99. The van der Waals surface area contributed by atoms with Crippen molar-refractivity contribution in [3.8, 4) is 0 Å². The zero-order valence-corrected chi connectivity index (χ0v) is 9.69. The number of rotatable bonds is 4. The molecule has 4 heteroatoms. The van der Waals surface area contributed by atoms with Crippen molar-refractivity contribution in [2.75, 3.05) is 5.73 Å². The number of carbonyl (C=O) groups excluding carboxylic acids is 1. The first-order chi connectivity index (χ1) is 7.20. The van der Waals surface area contributed by atoms with Crippen LogP contribution < -0.4 is 11.1 Å². The van der Waals surface area contributed by atoms with E-state index in [2.05, 4.69) is 12.2 Å². The van der Waals surface area contributed by atoms with Crippen LogP contribution in [-0.4, -0.2) is 11.9 Å².